The van der Waals surface area contributed by atoms with Gasteiger partial charge in [0.25, 0.3) is 0 Å². The van der Waals surface area contributed by atoms with Gasteiger partial charge in [0, 0.05) is 6.54 Å². The number of carboxylic acid groups (broad SMARTS) is 1. The summed E-state index contributed by atoms with van der Waals surface area (Å²) in [6.45, 7) is 2.80. The molecule has 90 valence electrons. The molecule has 1 rings (SSSR count). The first-order valence-corrected chi connectivity index (χ1v) is 5.32. The maximum atomic E-state index is 13.5. The normalized spacial score (nSPS) is 9.71. The first-order valence-electron chi connectivity index (χ1n) is 5.32. The zero-order valence-corrected chi connectivity index (χ0v) is 9.61. The van der Waals surface area contributed by atoms with Crippen molar-refractivity contribution in [2.75, 3.05) is 18.0 Å². The van der Waals surface area contributed by atoms with Crippen molar-refractivity contribution in [1.29, 1.82) is 0 Å². The van der Waals surface area contributed by atoms with Crippen LogP contribution in [0.5, 0.6) is 0 Å². The lowest BCUT2D eigenvalue weighted by Crippen LogP contribution is -2.26. The highest BCUT2D eigenvalue weighted by atomic mass is 19.1. The Kier molecular flexibility index (Phi) is 4.53. The van der Waals surface area contributed by atoms with Gasteiger partial charge in [0.15, 0.2) is 0 Å². The molecule has 0 aromatic heterocycles. The van der Waals surface area contributed by atoms with Gasteiger partial charge in [-0.15, -0.1) is 6.42 Å². The highest BCUT2D eigenvalue weighted by molar-refractivity contribution is 5.94. The van der Waals surface area contributed by atoms with Gasteiger partial charge in [-0.25, -0.2) is 9.18 Å². The van der Waals surface area contributed by atoms with E-state index in [0.29, 0.717) is 12.2 Å². The number of terminal acetylenes is 1. The van der Waals surface area contributed by atoms with Crippen LogP contribution in [-0.4, -0.2) is 24.2 Å². The van der Waals surface area contributed by atoms with E-state index < -0.39 is 11.8 Å². The number of carboxylic acids is 1. The van der Waals surface area contributed by atoms with Gasteiger partial charge in [-0.1, -0.05) is 18.9 Å². The number of carbonyl (C=O) groups is 1. The molecule has 4 heteroatoms. The van der Waals surface area contributed by atoms with E-state index in [4.69, 9.17) is 11.5 Å². The van der Waals surface area contributed by atoms with E-state index in [9.17, 15) is 9.18 Å². The largest absolute Gasteiger partial charge is 0.478 e. The molecule has 0 saturated heterocycles. The Labute approximate surface area is 99.9 Å². The van der Waals surface area contributed by atoms with Crippen molar-refractivity contribution in [2.45, 2.75) is 13.3 Å². The van der Waals surface area contributed by atoms with Gasteiger partial charge in [-0.3, -0.25) is 0 Å². The maximum Gasteiger partial charge on any atom is 0.340 e. The van der Waals surface area contributed by atoms with Crippen LogP contribution >= 0.6 is 0 Å². The third-order valence-corrected chi connectivity index (χ3v) is 2.32. The lowest BCUT2D eigenvalue weighted by Gasteiger charge is -2.23. The van der Waals surface area contributed by atoms with Crippen LogP contribution in [0.1, 0.15) is 23.7 Å². The number of nitrogens with zero attached hydrogens (tertiary/aromatic N) is 1. The van der Waals surface area contributed by atoms with E-state index >= 15 is 0 Å². The quantitative estimate of drug-likeness (QED) is 0.796. The van der Waals surface area contributed by atoms with Crippen LogP contribution in [0.15, 0.2) is 18.2 Å². The van der Waals surface area contributed by atoms with Crippen molar-refractivity contribution < 1.29 is 14.3 Å². The minimum Gasteiger partial charge on any atom is -0.478 e. The maximum absolute atomic E-state index is 13.5. The van der Waals surface area contributed by atoms with E-state index in [-0.39, 0.29) is 12.1 Å². The van der Waals surface area contributed by atoms with Gasteiger partial charge < -0.3 is 10.0 Å². The van der Waals surface area contributed by atoms with Crippen LogP contribution < -0.4 is 4.90 Å². The van der Waals surface area contributed by atoms with E-state index in [1.807, 2.05) is 6.92 Å². The minimum atomic E-state index is -1.28. The molecule has 0 heterocycles. The topological polar surface area (TPSA) is 40.5 Å². The van der Waals surface area contributed by atoms with Crippen LogP contribution in [0.25, 0.3) is 0 Å². The third kappa shape index (κ3) is 2.97. The average Bonchev–Trinajstić information content (AvgIpc) is 2.28. The summed E-state index contributed by atoms with van der Waals surface area (Å²) in [7, 11) is 0. The van der Waals surface area contributed by atoms with Crippen LogP contribution in [0.2, 0.25) is 0 Å². The molecule has 17 heavy (non-hydrogen) atoms. The number of aromatic carboxylic acids is 1. The summed E-state index contributed by atoms with van der Waals surface area (Å²) in [5.74, 6) is 0.423. The number of hydrogen-bond donors (Lipinski definition) is 1. The third-order valence-electron chi connectivity index (χ3n) is 2.32. The highest BCUT2D eigenvalue weighted by Gasteiger charge is 2.19. The molecule has 1 N–H and O–H groups in total. The molecule has 0 aliphatic carbocycles. The van der Waals surface area contributed by atoms with Gasteiger partial charge >= 0.3 is 5.97 Å². The van der Waals surface area contributed by atoms with Crippen molar-refractivity contribution in [1.82, 2.24) is 0 Å². The average molecular weight is 235 g/mol. The second kappa shape index (κ2) is 5.90. The van der Waals surface area contributed by atoms with Crippen LogP contribution in [0, 0.1) is 18.2 Å². The highest BCUT2D eigenvalue weighted by Crippen LogP contribution is 2.23. The molecule has 0 aliphatic rings. The zero-order valence-electron chi connectivity index (χ0n) is 9.61. The molecule has 0 aliphatic heterocycles. The number of hydrogen-bond acceptors (Lipinski definition) is 2. The van der Waals surface area contributed by atoms with E-state index in [2.05, 4.69) is 5.92 Å². The standard InChI is InChI=1S/C13H14FNO2/c1-3-8-15(9-4-2)11-7-5-6-10(14)12(11)13(16)17/h1,5-7H,4,8-9H2,2H3,(H,16,17). The van der Waals surface area contributed by atoms with Gasteiger partial charge in [0.05, 0.1) is 12.2 Å². The van der Waals surface area contributed by atoms with Crippen molar-refractivity contribution in [2.24, 2.45) is 0 Å². The van der Waals surface area contributed by atoms with Gasteiger partial charge in [-0.05, 0) is 18.6 Å². The molecule has 0 amide bonds. The fraction of sp³-hybridized carbons (Fsp3) is 0.308. The summed E-state index contributed by atoms with van der Waals surface area (Å²) < 4.78 is 13.5. The van der Waals surface area contributed by atoms with E-state index in [1.54, 1.807) is 11.0 Å². The van der Waals surface area contributed by atoms with E-state index in [1.165, 1.54) is 6.07 Å². The van der Waals surface area contributed by atoms with Crippen molar-refractivity contribution in [3.05, 3.63) is 29.6 Å². The minimum absolute atomic E-state index is 0.261. The Balaban J connectivity index is 3.23. The Morgan fingerprint density at radius 3 is 2.82 bits per heavy atom. The number of rotatable bonds is 5. The molecule has 3 nitrogen and oxygen atoms in total. The van der Waals surface area contributed by atoms with Gasteiger partial charge in [0.1, 0.15) is 11.4 Å². The summed E-state index contributed by atoms with van der Waals surface area (Å²) in [6.07, 6.45) is 6.03. The Bertz CT molecular complexity index is 451. The molecule has 1 aromatic rings. The van der Waals surface area contributed by atoms with Crippen LogP contribution in [0.3, 0.4) is 0 Å². The Hall–Kier alpha value is -2.02. The summed E-state index contributed by atoms with van der Waals surface area (Å²) >= 11 is 0. The van der Waals surface area contributed by atoms with Crippen molar-refractivity contribution in [3.63, 3.8) is 0 Å². The number of anilines is 1. The molecular formula is C13H14FNO2. The van der Waals surface area contributed by atoms with Crippen molar-refractivity contribution >= 4 is 11.7 Å². The SMILES string of the molecule is C#CCN(CCC)c1cccc(F)c1C(=O)O. The predicted molar refractivity (Wildman–Crippen MR) is 64.7 cm³/mol. The molecule has 0 bridgehead atoms. The molecule has 1 aromatic carbocycles. The lowest BCUT2D eigenvalue weighted by molar-refractivity contribution is 0.0692. The summed E-state index contributed by atoms with van der Waals surface area (Å²) in [5, 5.41) is 9.01. The summed E-state index contributed by atoms with van der Waals surface area (Å²) in [4.78, 5) is 12.7. The fourth-order valence-corrected chi connectivity index (χ4v) is 1.65. The monoisotopic (exact) mass is 235 g/mol. The second-order valence-electron chi connectivity index (χ2n) is 3.56. The Morgan fingerprint density at radius 1 is 1.59 bits per heavy atom. The van der Waals surface area contributed by atoms with Crippen LogP contribution in [0.4, 0.5) is 10.1 Å². The predicted octanol–water partition coefficient (Wildman–Crippen LogP) is 2.37. The number of benzene rings is 1. The smallest absolute Gasteiger partial charge is 0.340 e. The zero-order chi connectivity index (χ0) is 12.8. The summed E-state index contributed by atoms with van der Waals surface area (Å²) in [5.41, 5.74) is 0.00787. The molecule has 0 radical (unpaired) electrons. The fourth-order valence-electron chi connectivity index (χ4n) is 1.65. The molecule has 0 unspecified atom stereocenters. The van der Waals surface area contributed by atoms with Gasteiger partial charge in [0.2, 0.25) is 0 Å². The lowest BCUT2D eigenvalue weighted by atomic mass is 10.1. The molecular weight excluding hydrogens is 221 g/mol. The van der Waals surface area contributed by atoms with E-state index in [0.717, 1.165) is 12.5 Å². The number of halogens is 1. The molecule has 0 spiro atoms. The van der Waals surface area contributed by atoms with Crippen LogP contribution in [-0.2, 0) is 0 Å². The first kappa shape index (κ1) is 13.0. The van der Waals surface area contributed by atoms with Crippen molar-refractivity contribution in [3.8, 4) is 12.3 Å². The summed E-state index contributed by atoms with van der Waals surface area (Å²) in [6, 6.07) is 4.18. The second-order valence-corrected chi connectivity index (χ2v) is 3.56. The van der Waals surface area contributed by atoms with Gasteiger partial charge in [-0.2, -0.15) is 0 Å². The first-order chi connectivity index (χ1) is 8.11. The molecule has 0 fully saturated rings. The Morgan fingerprint density at radius 2 is 2.29 bits per heavy atom. The molecule has 0 saturated carbocycles. The molecule has 0 atom stereocenters.